The lowest BCUT2D eigenvalue weighted by atomic mass is 10.1. The summed E-state index contributed by atoms with van der Waals surface area (Å²) in [6, 6.07) is 7.45. The Morgan fingerprint density at radius 1 is 1.03 bits per heavy atom. The average Bonchev–Trinajstić information content (AvgIpc) is 3.26. The summed E-state index contributed by atoms with van der Waals surface area (Å²) in [5, 5.41) is 5.17. The topological polar surface area (TPSA) is 86.0 Å². The van der Waals surface area contributed by atoms with Crippen molar-refractivity contribution in [1.82, 2.24) is 29.6 Å². The first-order chi connectivity index (χ1) is 16.0. The summed E-state index contributed by atoms with van der Waals surface area (Å²) in [4.78, 5) is 28.5. The minimum Gasteiger partial charge on any atom is -0.474 e. The molecule has 0 radical (unpaired) electrons. The van der Waals surface area contributed by atoms with E-state index in [0.717, 1.165) is 48.0 Å². The zero-order chi connectivity index (χ0) is 22.8. The van der Waals surface area contributed by atoms with E-state index >= 15 is 0 Å². The fourth-order valence-electron chi connectivity index (χ4n) is 4.09. The highest BCUT2D eigenvalue weighted by atomic mass is 16.5. The summed E-state index contributed by atoms with van der Waals surface area (Å²) in [5.41, 5.74) is 4.04. The molecule has 1 fully saturated rings. The van der Waals surface area contributed by atoms with Crippen molar-refractivity contribution in [2.75, 3.05) is 20.1 Å². The quantitative estimate of drug-likeness (QED) is 0.423. The highest BCUT2D eigenvalue weighted by Gasteiger charge is 2.19. The van der Waals surface area contributed by atoms with Crippen LogP contribution in [0.25, 0.3) is 22.0 Å². The molecule has 1 aliphatic rings. The van der Waals surface area contributed by atoms with Crippen LogP contribution in [0.3, 0.4) is 0 Å². The number of ketones is 1. The number of likely N-dealkylation sites (tertiary alicyclic amines) is 1. The van der Waals surface area contributed by atoms with Gasteiger partial charge in [0.15, 0.2) is 5.78 Å². The van der Waals surface area contributed by atoms with Crippen molar-refractivity contribution in [2.45, 2.75) is 25.4 Å². The Hall–Kier alpha value is -3.65. The van der Waals surface area contributed by atoms with E-state index in [1.54, 1.807) is 29.2 Å². The van der Waals surface area contributed by atoms with Crippen LogP contribution in [0.15, 0.2) is 55.2 Å². The van der Waals surface area contributed by atoms with Gasteiger partial charge in [-0.1, -0.05) is 0 Å². The number of rotatable bonds is 6. The molecule has 168 valence electrons. The lowest BCUT2D eigenvalue weighted by molar-refractivity contribution is 0.0985. The van der Waals surface area contributed by atoms with E-state index in [0.29, 0.717) is 17.1 Å². The van der Waals surface area contributed by atoms with E-state index in [2.05, 4.69) is 38.1 Å². The SMILES string of the molecule is CN1CCC(Oc2cc(C(=O)Cc3cc4cc(-c5cnn(C)c5)cnc4cn3)ccn2)CC1. The third-order valence-corrected chi connectivity index (χ3v) is 6.01. The number of piperidine rings is 1. The van der Waals surface area contributed by atoms with E-state index in [1.165, 1.54) is 0 Å². The van der Waals surface area contributed by atoms with Gasteiger partial charge in [-0.25, -0.2) is 4.98 Å². The Morgan fingerprint density at radius 2 is 1.88 bits per heavy atom. The van der Waals surface area contributed by atoms with Gasteiger partial charge in [0.05, 0.1) is 24.3 Å². The number of aromatic nitrogens is 5. The highest BCUT2D eigenvalue weighted by molar-refractivity contribution is 5.98. The minimum atomic E-state index is -0.0196. The molecule has 0 bridgehead atoms. The predicted molar refractivity (Wildman–Crippen MR) is 125 cm³/mol. The van der Waals surface area contributed by atoms with Crippen LogP contribution >= 0.6 is 0 Å². The standard InChI is InChI=1S/C25H26N6O2/c1-30-7-4-22(5-8-30)33-25-11-17(3-6-26-25)24(32)12-21-10-18-9-19(13-28-23(18)15-27-21)20-14-29-31(2)16-20/h3,6,9-11,13-16,22H,4-5,7-8,12H2,1-2H3. The molecule has 1 saturated heterocycles. The largest absolute Gasteiger partial charge is 0.474 e. The third kappa shape index (κ3) is 4.90. The van der Waals surface area contributed by atoms with E-state index < -0.39 is 0 Å². The summed E-state index contributed by atoms with van der Waals surface area (Å²) in [6.45, 7) is 2.02. The van der Waals surface area contributed by atoms with Crippen molar-refractivity contribution < 1.29 is 9.53 Å². The molecular formula is C25H26N6O2. The molecule has 0 aromatic carbocycles. The fraction of sp³-hybridized carbons (Fsp3) is 0.320. The summed E-state index contributed by atoms with van der Waals surface area (Å²) in [6.07, 6.45) is 11.2. The Bertz CT molecular complexity index is 1290. The van der Waals surface area contributed by atoms with Crippen LogP contribution in [0.2, 0.25) is 0 Å². The van der Waals surface area contributed by atoms with Gasteiger partial charge in [0, 0.05) is 72.6 Å². The molecule has 0 saturated carbocycles. The van der Waals surface area contributed by atoms with Crippen molar-refractivity contribution in [3.8, 4) is 17.0 Å². The van der Waals surface area contributed by atoms with Crippen LogP contribution in [-0.4, -0.2) is 61.7 Å². The Morgan fingerprint density at radius 3 is 2.67 bits per heavy atom. The van der Waals surface area contributed by atoms with Gasteiger partial charge in [-0.2, -0.15) is 5.10 Å². The second-order valence-electron chi connectivity index (χ2n) is 8.60. The van der Waals surface area contributed by atoms with Gasteiger partial charge in [-0.3, -0.25) is 19.4 Å². The zero-order valence-electron chi connectivity index (χ0n) is 18.8. The molecular weight excluding hydrogens is 416 g/mol. The maximum Gasteiger partial charge on any atom is 0.214 e. The van der Waals surface area contributed by atoms with Gasteiger partial charge in [-0.05, 0) is 38.1 Å². The number of carbonyl (C=O) groups excluding carboxylic acids is 1. The lowest BCUT2D eigenvalue weighted by Gasteiger charge is -2.28. The van der Waals surface area contributed by atoms with Gasteiger partial charge in [0.1, 0.15) is 6.10 Å². The van der Waals surface area contributed by atoms with Crippen LogP contribution in [-0.2, 0) is 13.5 Å². The Kier molecular flexibility index (Phi) is 5.83. The first-order valence-electron chi connectivity index (χ1n) is 11.1. The molecule has 0 N–H and O–H groups in total. The number of Topliss-reactive ketones (excluding diaryl/α,β-unsaturated/α-hetero) is 1. The number of nitrogens with zero attached hydrogens (tertiary/aromatic N) is 6. The van der Waals surface area contributed by atoms with Crippen LogP contribution in [0.5, 0.6) is 5.88 Å². The summed E-state index contributed by atoms with van der Waals surface area (Å²) >= 11 is 0. The molecule has 0 atom stereocenters. The minimum absolute atomic E-state index is 0.0196. The van der Waals surface area contributed by atoms with Crippen molar-refractivity contribution in [3.05, 3.63) is 66.5 Å². The summed E-state index contributed by atoms with van der Waals surface area (Å²) in [5.74, 6) is 0.487. The molecule has 5 rings (SSSR count). The highest BCUT2D eigenvalue weighted by Crippen LogP contribution is 2.23. The number of carbonyl (C=O) groups is 1. The molecule has 0 aliphatic carbocycles. The maximum absolute atomic E-state index is 13.0. The zero-order valence-corrected chi connectivity index (χ0v) is 18.8. The van der Waals surface area contributed by atoms with Crippen molar-refractivity contribution in [2.24, 2.45) is 7.05 Å². The van der Waals surface area contributed by atoms with Crippen LogP contribution in [0, 0.1) is 0 Å². The smallest absolute Gasteiger partial charge is 0.214 e. The fourth-order valence-corrected chi connectivity index (χ4v) is 4.09. The second-order valence-corrected chi connectivity index (χ2v) is 8.60. The number of ether oxygens (including phenoxy) is 1. The van der Waals surface area contributed by atoms with Gasteiger partial charge in [0.2, 0.25) is 5.88 Å². The van der Waals surface area contributed by atoms with Crippen LogP contribution in [0.4, 0.5) is 0 Å². The maximum atomic E-state index is 13.0. The predicted octanol–water partition coefficient (Wildman–Crippen LogP) is 3.32. The number of hydrogen-bond acceptors (Lipinski definition) is 7. The summed E-state index contributed by atoms with van der Waals surface area (Å²) in [7, 11) is 4.00. The molecule has 4 aromatic rings. The summed E-state index contributed by atoms with van der Waals surface area (Å²) < 4.78 is 7.80. The first kappa shape index (κ1) is 21.2. The number of pyridine rings is 3. The van der Waals surface area contributed by atoms with Gasteiger partial charge < -0.3 is 9.64 Å². The molecule has 0 amide bonds. The Labute approximate surface area is 192 Å². The molecule has 8 heteroatoms. The van der Waals surface area contributed by atoms with Gasteiger partial charge in [-0.15, -0.1) is 0 Å². The van der Waals surface area contributed by atoms with Crippen molar-refractivity contribution >= 4 is 16.7 Å². The number of hydrogen-bond donors (Lipinski definition) is 0. The van der Waals surface area contributed by atoms with Crippen molar-refractivity contribution in [3.63, 3.8) is 0 Å². The van der Waals surface area contributed by atoms with Crippen LogP contribution < -0.4 is 4.74 Å². The number of fused-ring (bicyclic) bond motifs is 1. The molecule has 8 nitrogen and oxygen atoms in total. The van der Waals surface area contributed by atoms with E-state index in [1.807, 2.05) is 31.7 Å². The third-order valence-electron chi connectivity index (χ3n) is 6.01. The molecule has 4 aromatic heterocycles. The monoisotopic (exact) mass is 442 g/mol. The normalized spacial score (nSPS) is 15.1. The van der Waals surface area contributed by atoms with E-state index in [9.17, 15) is 4.79 Å². The van der Waals surface area contributed by atoms with E-state index in [4.69, 9.17) is 4.74 Å². The first-order valence-corrected chi connectivity index (χ1v) is 11.1. The Balaban J connectivity index is 1.31. The van der Waals surface area contributed by atoms with Gasteiger partial charge in [0.25, 0.3) is 0 Å². The molecule has 0 unspecified atom stereocenters. The van der Waals surface area contributed by atoms with Gasteiger partial charge >= 0.3 is 0 Å². The molecule has 5 heterocycles. The molecule has 0 spiro atoms. The molecule has 33 heavy (non-hydrogen) atoms. The lowest BCUT2D eigenvalue weighted by Crippen LogP contribution is -2.35. The van der Waals surface area contributed by atoms with Crippen LogP contribution in [0.1, 0.15) is 28.9 Å². The molecule has 1 aliphatic heterocycles. The van der Waals surface area contributed by atoms with E-state index in [-0.39, 0.29) is 18.3 Å². The van der Waals surface area contributed by atoms with Crippen molar-refractivity contribution in [1.29, 1.82) is 0 Å². The number of aryl methyl sites for hydroxylation is 1. The average molecular weight is 443 g/mol. The second kappa shape index (κ2) is 9.07.